The Morgan fingerprint density at radius 2 is 1.76 bits per heavy atom. The summed E-state index contributed by atoms with van der Waals surface area (Å²) in [5.74, 6) is -0.600. The van der Waals surface area contributed by atoms with Crippen molar-refractivity contribution in [3.63, 3.8) is 0 Å². The fraction of sp³-hybridized carbons (Fsp3) is 1.00. The molecule has 0 spiro atoms. The minimum atomic E-state index is -1.84. The van der Waals surface area contributed by atoms with Crippen LogP contribution in [0.5, 0.6) is 0 Å². The van der Waals surface area contributed by atoms with Crippen LogP contribution in [0.1, 0.15) is 47.5 Å². The van der Waals surface area contributed by atoms with Gasteiger partial charge in [-0.1, -0.05) is 25.9 Å². The number of ether oxygens (including phenoxy) is 3. The lowest BCUT2D eigenvalue weighted by molar-refractivity contribution is -0.190. The van der Waals surface area contributed by atoms with E-state index in [0.717, 1.165) is 12.8 Å². The van der Waals surface area contributed by atoms with E-state index in [2.05, 4.69) is 43.9 Å². The number of hydrogen-bond donors (Lipinski definition) is 0. The van der Waals surface area contributed by atoms with E-state index in [-0.39, 0.29) is 29.5 Å². The quantitative estimate of drug-likeness (QED) is 0.218. The molecule has 2 aliphatic rings. The summed E-state index contributed by atoms with van der Waals surface area (Å²) in [4.78, 5) is 2.80. The standard InChI is InChI=1S/C17H33N3O4Si/c1-16(2,3)25(6,7)21-11-13-15-14(23-17(4,5)24-15)12(22-13)9-8-10-19-20-18/h12-15H,8-11H2,1-7H3/t12-,13+,14-,15+/m0/s1. The van der Waals surface area contributed by atoms with Gasteiger partial charge in [-0.2, -0.15) is 0 Å². The van der Waals surface area contributed by atoms with Gasteiger partial charge in [0.05, 0.1) is 12.7 Å². The molecular weight excluding hydrogens is 338 g/mol. The van der Waals surface area contributed by atoms with Crippen LogP contribution in [-0.4, -0.2) is 51.7 Å². The first kappa shape index (κ1) is 20.7. The van der Waals surface area contributed by atoms with Crippen molar-refractivity contribution in [2.24, 2.45) is 5.11 Å². The van der Waals surface area contributed by atoms with Crippen molar-refractivity contribution in [2.45, 2.75) is 95.8 Å². The zero-order chi connectivity index (χ0) is 18.9. The van der Waals surface area contributed by atoms with Crippen molar-refractivity contribution < 1.29 is 18.6 Å². The third-order valence-electron chi connectivity index (χ3n) is 5.47. The van der Waals surface area contributed by atoms with Crippen LogP contribution in [0.4, 0.5) is 0 Å². The van der Waals surface area contributed by atoms with E-state index in [1.165, 1.54) is 0 Å². The summed E-state index contributed by atoms with van der Waals surface area (Å²) in [6, 6.07) is 0. The van der Waals surface area contributed by atoms with Crippen LogP contribution in [0.25, 0.3) is 10.4 Å². The Bertz CT molecular complexity index is 515. The molecule has 0 aromatic heterocycles. The van der Waals surface area contributed by atoms with Gasteiger partial charge in [-0.25, -0.2) is 0 Å². The number of nitrogens with zero attached hydrogens (tertiary/aromatic N) is 3. The third-order valence-corrected chi connectivity index (χ3v) is 9.97. The van der Waals surface area contributed by atoms with Gasteiger partial charge in [0, 0.05) is 11.5 Å². The van der Waals surface area contributed by atoms with E-state index in [1.54, 1.807) is 0 Å². The minimum absolute atomic E-state index is 0.0475. The molecule has 25 heavy (non-hydrogen) atoms. The van der Waals surface area contributed by atoms with Crippen molar-refractivity contribution in [3.05, 3.63) is 10.4 Å². The molecule has 0 aliphatic carbocycles. The summed E-state index contributed by atoms with van der Waals surface area (Å²) in [5.41, 5.74) is 8.40. The van der Waals surface area contributed by atoms with Gasteiger partial charge < -0.3 is 18.6 Å². The lowest BCUT2D eigenvalue weighted by Crippen LogP contribution is -2.44. The molecule has 8 heteroatoms. The molecule has 0 radical (unpaired) electrons. The summed E-state index contributed by atoms with van der Waals surface area (Å²) in [7, 11) is -1.84. The van der Waals surface area contributed by atoms with E-state index in [4.69, 9.17) is 24.2 Å². The van der Waals surface area contributed by atoms with Crippen LogP contribution in [0, 0.1) is 0 Å². The summed E-state index contributed by atoms with van der Waals surface area (Å²) in [6.07, 6.45) is 1.20. The smallest absolute Gasteiger partial charge is 0.192 e. The van der Waals surface area contributed by atoms with Gasteiger partial charge in [-0.15, -0.1) is 0 Å². The van der Waals surface area contributed by atoms with E-state index in [1.807, 2.05) is 13.8 Å². The molecule has 2 aliphatic heterocycles. The van der Waals surface area contributed by atoms with Crippen LogP contribution in [0.15, 0.2) is 5.11 Å². The number of fused-ring (bicyclic) bond motifs is 1. The Morgan fingerprint density at radius 3 is 2.32 bits per heavy atom. The number of hydrogen-bond acceptors (Lipinski definition) is 5. The van der Waals surface area contributed by atoms with Crippen molar-refractivity contribution >= 4 is 8.32 Å². The zero-order valence-corrected chi connectivity index (χ0v) is 17.6. The van der Waals surface area contributed by atoms with Gasteiger partial charge in [0.15, 0.2) is 14.1 Å². The van der Waals surface area contributed by atoms with Crippen LogP contribution in [0.3, 0.4) is 0 Å². The van der Waals surface area contributed by atoms with Crippen molar-refractivity contribution in [1.29, 1.82) is 0 Å². The Morgan fingerprint density at radius 1 is 1.16 bits per heavy atom. The normalized spacial score (nSPS) is 31.6. The molecule has 0 bridgehead atoms. The molecule has 0 saturated carbocycles. The first-order valence-corrected chi connectivity index (χ1v) is 12.0. The topological polar surface area (TPSA) is 85.7 Å². The van der Waals surface area contributed by atoms with E-state index >= 15 is 0 Å². The predicted molar refractivity (Wildman–Crippen MR) is 98.9 cm³/mol. The monoisotopic (exact) mass is 371 g/mol. The first-order chi connectivity index (χ1) is 11.5. The number of azide groups is 1. The highest BCUT2D eigenvalue weighted by atomic mass is 28.4. The van der Waals surface area contributed by atoms with Gasteiger partial charge in [-0.3, -0.25) is 0 Å². The van der Waals surface area contributed by atoms with Crippen LogP contribution >= 0.6 is 0 Å². The van der Waals surface area contributed by atoms with Gasteiger partial charge in [0.25, 0.3) is 0 Å². The summed E-state index contributed by atoms with van der Waals surface area (Å²) >= 11 is 0. The first-order valence-electron chi connectivity index (χ1n) is 9.13. The second kappa shape index (κ2) is 7.54. The SMILES string of the molecule is CC1(C)O[C@@H]2[C@H](O1)[C@@H](CO[Si](C)(C)C(C)(C)C)O[C@H]2CCCN=[N+]=[N-]. The average Bonchev–Trinajstić information content (AvgIpc) is 2.94. The van der Waals surface area contributed by atoms with Gasteiger partial charge in [0.2, 0.25) is 0 Å². The average molecular weight is 372 g/mol. The fourth-order valence-corrected chi connectivity index (χ4v) is 4.07. The summed E-state index contributed by atoms with van der Waals surface area (Å²) in [5, 5.41) is 3.75. The molecule has 0 N–H and O–H groups in total. The molecule has 0 aromatic carbocycles. The second-order valence-corrected chi connectivity index (χ2v) is 13.8. The van der Waals surface area contributed by atoms with Crippen LogP contribution in [-0.2, 0) is 18.6 Å². The molecule has 4 atom stereocenters. The largest absolute Gasteiger partial charge is 0.414 e. The maximum atomic E-state index is 8.40. The van der Waals surface area contributed by atoms with Gasteiger partial charge in [-0.05, 0) is 50.4 Å². The van der Waals surface area contributed by atoms with Crippen LogP contribution in [0.2, 0.25) is 18.1 Å². The molecule has 0 unspecified atom stereocenters. The highest BCUT2D eigenvalue weighted by Crippen LogP contribution is 2.42. The van der Waals surface area contributed by atoms with Gasteiger partial charge >= 0.3 is 0 Å². The maximum absolute atomic E-state index is 8.40. The van der Waals surface area contributed by atoms with Crippen molar-refractivity contribution in [1.82, 2.24) is 0 Å². The molecular formula is C17H33N3O4Si. The molecule has 2 heterocycles. The molecule has 144 valence electrons. The summed E-state index contributed by atoms with van der Waals surface area (Å²) in [6.45, 7) is 16.1. The molecule has 0 amide bonds. The van der Waals surface area contributed by atoms with E-state index in [9.17, 15) is 0 Å². The van der Waals surface area contributed by atoms with E-state index in [0.29, 0.717) is 13.2 Å². The Kier molecular flexibility index (Phi) is 6.24. The molecule has 2 fully saturated rings. The lowest BCUT2D eigenvalue weighted by atomic mass is 10.0. The lowest BCUT2D eigenvalue weighted by Gasteiger charge is -2.37. The van der Waals surface area contributed by atoms with Crippen LogP contribution < -0.4 is 0 Å². The Hall–Kier alpha value is -0.633. The van der Waals surface area contributed by atoms with Crippen molar-refractivity contribution in [2.75, 3.05) is 13.2 Å². The molecule has 7 nitrogen and oxygen atoms in total. The van der Waals surface area contributed by atoms with Crippen molar-refractivity contribution in [3.8, 4) is 0 Å². The Balaban J connectivity index is 2.00. The highest BCUT2D eigenvalue weighted by molar-refractivity contribution is 6.74. The third kappa shape index (κ3) is 4.96. The molecule has 2 saturated heterocycles. The fourth-order valence-electron chi connectivity index (χ4n) is 3.05. The maximum Gasteiger partial charge on any atom is 0.192 e. The predicted octanol–water partition coefficient (Wildman–Crippen LogP) is 4.39. The molecule has 2 rings (SSSR count). The summed E-state index contributed by atoms with van der Waals surface area (Å²) < 4.78 is 24.8. The minimum Gasteiger partial charge on any atom is -0.414 e. The van der Waals surface area contributed by atoms with Gasteiger partial charge in [0.1, 0.15) is 18.3 Å². The second-order valence-electron chi connectivity index (χ2n) is 8.95. The molecule has 0 aromatic rings. The Labute approximate surface area is 152 Å². The highest BCUT2D eigenvalue weighted by Gasteiger charge is 2.55. The van der Waals surface area contributed by atoms with E-state index < -0.39 is 14.1 Å². The number of rotatable bonds is 7. The zero-order valence-electron chi connectivity index (χ0n) is 16.6.